The molecule has 39 heavy (non-hydrogen) atoms. The molecular weight excluding hydrogens is 498 g/mol. The lowest BCUT2D eigenvalue weighted by molar-refractivity contribution is -0.150. The Kier molecular flexibility index (Phi) is 10.6. The Labute approximate surface area is 230 Å². The maximum Gasteiger partial charge on any atom is 0.124 e. The molecule has 1 fully saturated rings. The number of methoxy groups -OCH3 is 2. The maximum absolute atomic E-state index is 11.1. The van der Waals surface area contributed by atoms with Crippen molar-refractivity contribution in [1.82, 2.24) is 4.90 Å². The van der Waals surface area contributed by atoms with Crippen molar-refractivity contribution in [3.8, 4) is 17.2 Å². The molecule has 3 aromatic rings. The highest BCUT2D eigenvalue weighted by Crippen LogP contribution is 2.27. The van der Waals surface area contributed by atoms with E-state index >= 15 is 0 Å². The molecule has 0 unspecified atom stereocenters. The number of morpholine rings is 1. The number of nitrogens with zero attached hydrogens (tertiary/aromatic N) is 1. The van der Waals surface area contributed by atoms with Crippen molar-refractivity contribution in [2.24, 2.45) is 0 Å². The van der Waals surface area contributed by atoms with Gasteiger partial charge in [-0.05, 0) is 36.8 Å². The summed E-state index contributed by atoms with van der Waals surface area (Å²) in [6, 6.07) is 22.1. The molecule has 0 bridgehead atoms. The molecule has 8 heteroatoms. The number of hydrogen-bond acceptors (Lipinski definition) is 8. The van der Waals surface area contributed by atoms with Gasteiger partial charge in [-0.2, -0.15) is 0 Å². The lowest BCUT2D eigenvalue weighted by Gasteiger charge is -2.42. The number of ether oxygens (including phenoxy) is 5. The second-order valence-corrected chi connectivity index (χ2v) is 9.76. The van der Waals surface area contributed by atoms with Crippen molar-refractivity contribution in [3.05, 3.63) is 89.5 Å². The lowest BCUT2D eigenvalue weighted by Crippen LogP contribution is -2.54. The van der Waals surface area contributed by atoms with E-state index < -0.39 is 6.10 Å². The zero-order chi connectivity index (χ0) is 27.6. The zero-order valence-corrected chi connectivity index (χ0v) is 22.9. The normalized spacial score (nSPS) is 19.4. The van der Waals surface area contributed by atoms with Crippen LogP contribution in [0, 0.1) is 0 Å². The van der Waals surface area contributed by atoms with E-state index in [1.54, 1.807) is 38.5 Å². The topological polar surface area (TPSA) is 89.9 Å². The molecule has 0 aromatic heterocycles. The summed E-state index contributed by atoms with van der Waals surface area (Å²) < 4.78 is 29.4. The van der Waals surface area contributed by atoms with Crippen molar-refractivity contribution in [3.63, 3.8) is 0 Å². The van der Waals surface area contributed by atoms with Crippen molar-refractivity contribution in [2.45, 2.75) is 44.5 Å². The van der Waals surface area contributed by atoms with Crippen LogP contribution in [-0.4, -0.2) is 73.9 Å². The van der Waals surface area contributed by atoms with Gasteiger partial charge >= 0.3 is 0 Å². The Morgan fingerprint density at radius 1 is 0.795 bits per heavy atom. The van der Waals surface area contributed by atoms with Crippen LogP contribution in [0.2, 0.25) is 0 Å². The molecule has 0 aliphatic carbocycles. The monoisotopic (exact) mass is 537 g/mol. The maximum atomic E-state index is 11.1. The quantitative estimate of drug-likeness (QED) is 0.333. The summed E-state index contributed by atoms with van der Waals surface area (Å²) in [6.07, 6.45) is -1.14. The van der Waals surface area contributed by atoms with Crippen molar-refractivity contribution < 1.29 is 33.9 Å². The van der Waals surface area contributed by atoms with Crippen LogP contribution in [0.15, 0.2) is 72.8 Å². The van der Waals surface area contributed by atoms with E-state index in [4.69, 9.17) is 23.7 Å². The van der Waals surface area contributed by atoms with Crippen LogP contribution in [0.3, 0.4) is 0 Å². The highest BCUT2D eigenvalue weighted by Gasteiger charge is 2.33. The number of rotatable bonds is 13. The molecule has 1 aliphatic heterocycles. The number of aliphatic hydroxyl groups excluding tert-OH is 1. The number of hydrogen-bond donors (Lipinski definition) is 2. The van der Waals surface area contributed by atoms with E-state index in [-0.39, 0.29) is 24.0 Å². The minimum atomic E-state index is -0.728. The van der Waals surface area contributed by atoms with Gasteiger partial charge in [0.25, 0.3) is 0 Å². The smallest absolute Gasteiger partial charge is 0.124 e. The second-order valence-electron chi connectivity index (χ2n) is 9.76. The molecule has 0 radical (unpaired) electrons. The molecule has 4 rings (SSSR count). The van der Waals surface area contributed by atoms with Crippen LogP contribution in [0.25, 0.3) is 0 Å². The van der Waals surface area contributed by atoms with E-state index in [2.05, 4.69) is 4.90 Å². The van der Waals surface area contributed by atoms with E-state index in [9.17, 15) is 10.2 Å². The van der Waals surface area contributed by atoms with Crippen molar-refractivity contribution in [1.29, 1.82) is 0 Å². The van der Waals surface area contributed by atoms with Gasteiger partial charge in [-0.25, -0.2) is 0 Å². The molecule has 1 aliphatic rings. The van der Waals surface area contributed by atoms with Gasteiger partial charge in [0, 0.05) is 30.3 Å². The summed E-state index contributed by atoms with van der Waals surface area (Å²) in [6.45, 7) is 4.80. The van der Waals surface area contributed by atoms with Gasteiger partial charge in [0.2, 0.25) is 0 Å². The fraction of sp³-hybridized carbons (Fsp3) is 0.419. The molecule has 1 heterocycles. The Morgan fingerprint density at radius 2 is 1.28 bits per heavy atom. The van der Waals surface area contributed by atoms with Crippen LogP contribution >= 0.6 is 0 Å². The van der Waals surface area contributed by atoms with Crippen molar-refractivity contribution >= 4 is 0 Å². The van der Waals surface area contributed by atoms with Crippen LogP contribution in [0.4, 0.5) is 0 Å². The summed E-state index contributed by atoms with van der Waals surface area (Å²) in [5.74, 6) is 1.75. The minimum Gasteiger partial charge on any atom is -0.508 e. The van der Waals surface area contributed by atoms with Crippen LogP contribution in [0.5, 0.6) is 17.2 Å². The summed E-state index contributed by atoms with van der Waals surface area (Å²) >= 11 is 0. The molecule has 0 spiro atoms. The predicted molar refractivity (Wildman–Crippen MR) is 148 cm³/mol. The highest BCUT2D eigenvalue weighted by atomic mass is 16.6. The number of phenolic OH excluding ortho intramolecular Hbond substituents is 1. The Morgan fingerprint density at radius 3 is 1.77 bits per heavy atom. The molecule has 8 nitrogen and oxygen atoms in total. The molecule has 1 saturated heterocycles. The molecule has 210 valence electrons. The summed E-state index contributed by atoms with van der Waals surface area (Å²) in [5.41, 5.74) is 2.70. The van der Waals surface area contributed by atoms with E-state index in [1.807, 2.05) is 55.5 Å². The van der Waals surface area contributed by atoms with Gasteiger partial charge in [-0.3, -0.25) is 4.90 Å². The van der Waals surface area contributed by atoms with E-state index in [1.165, 1.54) is 0 Å². The van der Waals surface area contributed by atoms with Gasteiger partial charge in [0.1, 0.15) is 17.2 Å². The Balaban J connectivity index is 1.40. The van der Waals surface area contributed by atoms with Gasteiger partial charge < -0.3 is 33.9 Å². The molecule has 3 aromatic carbocycles. The number of aromatic hydroxyl groups is 1. The third kappa shape index (κ3) is 7.94. The average Bonchev–Trinajstić information content (AvgIpc) is 2.97. The summed E-state index contributed by atoms with van der Waals surface area (Å²) in [7, 11) is 3.30. The SMILES string of the molecule is COc1ccccc1COC[C@@H]1CN([C@H](C)[C@@H](O)c2ccc(O)cc2)C[C@H](COCc2ccccc2OC)O1. The number of phenols is 1. The predicted octanol–water partition coefficient (Wildman–Crippen LogP) is 4.33. The largest absolute Gasteiger partial charge is 0.508 e. The number of para-hydroxylation sites is 2. The fourth-order valence-corrected chi connectivity index (χ4v) is 4.87. The minimum absolute atomic E-state index is 0.171. The molecule has 0 amide bonds. The molecule has 0 saturated carbocycles. The first-order valence-corrected chi connectivity index (χ1v) is 13.2. The first kappa shape index (κ1) is 28.9. The first-order valence-electron chi connectivity index (χ1n) is 13.2. The Bertz CT molecular complexity index is 1090. The molecule has 4 atom stereocenters. The zero-order valence-electron chi connectivity index (χ0n) is 22.9. The van der Waals surface area contributed by atoms with Gasteiger partial charge in [0.15, 0.2) is 0 Å². The third-order valence-electron chi connectivity index (χ3n) is 7.04. The fourth-order valence-electron chi connectivity index (χ4n) is 4.87. The lowest BCUT2D eigenvalue weighted by atomic mass is 10.0. The third-order valence-corrected chi connectivity index (χ3v) is 7.04. The molecular formula is C31H39NO7. The van der Waals surface area contributed by atoms with Gasteiger partial charge in [-0.15, -0.1) is 0 Å². The number of aliphatic hydroxyl groups is 1. The first-order chi connectivity index (χ1) is 19.0. The van der Waals surface area contributed by atoms with Crippen LogP contribution in [0.1, 0.15) is 29.7 Å². The van der Waals surface area contributed by atoms with Crippen molar-refractivity contribution in [2.75, 3.05) is 40.5 Å². The average molecular weight is 538 g/mol. The Hall–Kier alpha value is -3.14. The highest BCUT2D eigenvalue weighted by molar-refractivity contribution is 5.33. The van der Waals surface area contributed by atoms with E-state index in [0.717, 1.165) is 28.2 Å². The summed E-state index contributed by atoms with van der Waals surface area (Å²) in [4.78, 5) is 2.22. The molecule has 2 N–H and O–H groups in total. The van der Waals surface area contributed by atoms with Gasteiger partial charge in [0.05, 0.1) is 59.0 Å². The van der Waals surface area contributed by atoms with Crippen LogP contribution < -0.4 is 9.47 Å². The summed E-state index contributed by atoms with van der Waals surface area (Å²) in [5, 5.41) is 20.8. The number of benzene rings is 3. The van der Waals surface area contributed by atoms with Crippen LogP contribution in [-0.2, 0) is 27.4 Å². The van der Waals surface area contributed by atoms with Gasteiger partial charge in [-0.1, -0.05) is 48.5 Å². The second kappa shape index (κ2) is 14.3. The van der Waals surface area contributed by atoms with E-state index in [0.29, 0.717) is 39.5 Å². The standard InChI is InChI=1S/C31H39NO7/c1-22(31(34)23-12-14-26(33)15-13-23)32-16-27(20-37-18-24-8-4-6-10-29(24)35-2)39-28(17-32)21-38-19-25-9-5-7-11-30(25)36-3/h4-15,22,27-28,31,33-34H,16-21H2,1-3H3/t22-,27-,28+,31-/m1/s1.